The molecule has 0 fully saturated rings. The van der Waals surface area contributed by atoms with Gasteiger partial charge >= 0.3 is 0 Å². The van der Waals surface area contributed by atoms with Crippen LogP contribution in [0.4, 0.5) is 0 Å². The number of aromatic nitrogens is 6. The van der Waals surface area contributed by atoms with Crippen LogP contribution in [-0.4, -0.2) is 48.0 Å². The summed E-state index contributed by atoms with van der Waals surface area (Å²) in [4.78, 5) is 19.4. The molecule has 4 aromatic rings. The van der Waals surface area contributed by atoms with E-state index in [1.807, 2.05) is 43.5 Å². The van der Waals surface area contributed by atoms with Crippen LogP contribution in [-0.2, 0) is 6.54 Å². The Morgan fingerprint density at radius 3 is 2.85 bits per heavy atom. The summed E-state index contributed by atoms with van der Waals surface area (Å²) in [6, 6.07) is 9.98. The Balaban J connectivity index is 1.85. The second-order valence-corrected chi connectivity index (χ2v) is 6.38. The standard InChI is InChI=1S/C19H21N7/c1-4-25(3)11-16-23-18(14-8-9-17-20-12-21-26(17)10-14)19(24-16)15-7-5-6-13(2)22-15/h5-10,12H,4,11H2,1-3H3,(H,23,24). The monoisotopic (exact) mass is 347 g/mol. The van der Waals surface area contributed by atoms with E-state index in [0.29, 0.717) is 0 Å². The predicted molar refractivity (Wildman–Crippen MR) is 101 cm³/mol. The Kier molecular flexibility index (Phi) is 4.22. The summed E-state index contributed by atoms with van der Waals surface area (Å²) in [6.45, 7) is 5.83. The number of fused-ring (bicyclic) bond motifs is 1. The average Bonchev–Trinajstić information content (AvgIpc) is 3.27. The average molecular weight is 347 g/mol. The number of aromatic amines is 1. The lowest BCUT2D eigenvalue weighted by Crippen LogP contribution is -2.17. The topological polar surface area (TPSA) is 75.0 Å². The number of nitrogens with zero attached hydrogens (tertiary/aromatic N) is 6. The van der Waals surface area contributed by atoms with E-state index >= 15 is 0 Å². The van der Waals surface area contributed by atoms with Crippen molar-refractivity contribution in [3.63, 3.8) is 0 Å². The third-order valence-corrected chi connectivity index (χ3v) is 4.40. The fourth-order valence-corrected chi connectivity index (χ4v) is 2.90. The van der Waals surface area contributed by atoms with Crippen molar-refractivity contribution in [1.82, 2.24) is 34.4 Å². The molecule has 4 aromatic heterocycles. The van der Waals surface area contributed by atoms with Crippen molar-refractivity contribution in [2.75, 3.05) is 13.6 Å². The maximum atomic E-state index is 4.87. The molecule has 132 valence electrons. The van der Waals surface area contributed by atoms with Crippen LogP contribution in [0.1, 0.15) is 18.4 Å². The van der Waals surface area contributed by atoms with Gasteiger partial charge in [-0.25, -0.2) is 14.5 Å². The van der Waals surface area contributed by atoms with Gasteiger partial charge in [-0.15, -0.1) is 0 Å². The molecule has 0 saturated carbocycles. The van der Waals surface area contributed by atoms with Crippen molar-refractivity contribution < 1.29 is 0 Å². The Morgan fingerprint density at radius 1 is 1.15 bits per heavy atom. The molecular formula is C19H21N7. The van der Waals surface area contributed by atoms with Gasteiger partial charge in [0.15, 0.2) is 5.65 Å². The summed E-state index contributed by atoms with van der Waals surface area (Å²) in [5.41, 5.74) is 5.44. The van der Waals surface area contributed by atoms with E-state index < -0.39 is 0 Å². The molecule has 4 rings (SSSR count). The van der Waals surface area contributed by atoms with E-state index in [2.05, 4.69) is 38.9 Å². The number of hydrogen-bond donors (Lipinski definition) is 1. The highest BCUT2D eigenvalue weighted by atomic mass is 15.3. The molecule has 0 aliphatic heterocycles. The Bertz CT molecular complexity index is 1050. The zero-order valence-electron chi connectivity index (χ0n) is 15.1. The highest BCUT2D eigenvalue weighted by Gasteiger charge is 2.17. The molecular weight excluding hydrogens is 326 g/mol. The van der Waals surface area contributed by atoms with Crippen molar-refractivity contribution in [2.45, 2.75) is 20.4 Å². The molecule has 0 aromatic carbocycles. The minimum absolute atomic E-state index is 0.751. The fourth-order valence-electron chi connectivity index (χ4n) is 2.90. The summed E-state index contributed by atoms with van der Waals surface area (Å²) >= 11 is 0. The molecule has 0 aliphatic carbocycles. The summed E-state index contributed by atoms with van der Waals surface area (Å²) in [5, 5.41) is 4.23. The minimum Gasteiger partial charge on any atom is -0.339 e. The summed E-state index contributed by atoms with van der Waals surface area (Å²) < 4.78 is 1.76. The van der Waals surface area contributed by atoms with Gasteiger partial charge in [-0.3, -0.25) is 9.88 Å². The molecule has 0 radical (unpaired) electrons. The van der Waals surface area contributed by atoms with E-state index in [0.717, 1.165) is 52.9 Å². The van der Waals surface area contributed by atoms with Crippen molar-refractivity contribution >= 4 is 5.65 Å². The first-order chi connectivity index (χ1) is 12.6. The Morgan fingerprint density at radius 2 is 2.04 bits per heavy atom. The van der Waals surface area contributed by atoms with Gasteiger partial charge < -0.3 is 4.98 Å². The molecule has 1 N–H and O–H groups in total. The van der Waals surface area contributed by atoms with Gasteiger partial charge in [0.05, 0.1) is 23.6 Å². The van der Waals surface area contributed by atoms with Crippen LogP contribution in [0.5, 0.6) is 0 Å². The second-order valence-electron chi connectivity index (χ2n) is 6.38. The highest BCUT2D eigenvalue weighted by molar-refractivity contribution is 5.77. The molecule has 0 saturated heterocycles. The smallest absolute Gasteiger partial charge is 0.155 e. The van der Waals surface area contributed by atoms with Crippen LogP contribution < -0.4 is 0 Å². The molecule has 0 amide bonds. The first-order valence-electron chi connectivity index (χ1n) is 8.65. The summed E-state index contributed by atoms with van der Waals surface area (Å²) in [7, 11) is 2.08. The summed E-state index contributed by atoms with van der Waals surface area (Å²) in [6.07, 6.45) is 3.50. The third-order valence-electron chi connectivity index (χ3n) is 4.40. The highest BCUT2D eigenvalue weighted by Crippen LogP contribution is 2.29. The number of nitrogens with one attached hydrogen (secondary N) is 1. The number of H-pyrrole nitrogens is 1. The Hall–Kier alpha value is -3.06. The maximum Gasteiger partial charge on any atom is 0.155 e. The molecule has 26 heavy (non-hydrogen) atoms. The van der Waals surface area contributed by atoms with E-state index in [1.165, 1.54) is 0 Å². The maximum absolute atomic E-state index is 4.87. The minimum atomic E-state index is 0.751. The molecule has 7 nitrogen and oxygen atoms in total. The number of rotatable bonds is 5. The molecule has 4 heterocycles. The molecule has 0 atom stereocenters. The fraction of sp³-hybridized carbons (Fsp3) is 0.263. The third kappa shape index (κ3) is 3.09. The lowest BCUT2D eigenvalue weighted by molar-refractivity contribution is 0.337. The lowest BCUT2D eigenvalue weighted by atomic mass is 10.1. The second kappa shape index (κ2) is 6.68. The van der Waals surface area contributed by atoms with Crippen molar-refractivity contribution in [1.29, 1.82) is 0 Å². The number of hydrogen-bond acceptors (Lipinski definition) is 5. The van der Waals surface area contributed by atoms with Gasteiger partial charge in [-0.1, -0.05) is 13.0 Å². The quantitative estimate of drug-likeness (QED) is 0.601. The van der Waals surface area contributed by atoms with Crippen molar-refractivity contribution in [3.8, 4) is 22.6 Å². The largest absolute Gasteiger partial charge is 0.339 e. The van der Waals surface area contributed by atoms with Gasteiger partial charge in [0.1, 0.15) is 12.2 Å². The normalized spacial score (nSPS) is 11.5. The Labute approximate surface area is 151 Å². The van der Waals surface area contributed by atoms with Crippen LogP contribution >= 0.6 is 0 Å². The lowest BCUT2D eigenvalue weighted by Gasteiger charge is -2.10. The zero-order chi connectivity index (χ0) is 18.1. The summed E-state index contributed by atoms with van der Waals surface area (Å²) in [5.74, 6) is 0.918. The van der Waals surface area contributed by atoms with E-state index in [9.17, 15) is 0 Å². The van der Waals surface area contributed by atoms with Gasteiger partial charge in [-0.2, -0.15) is 5.10 Å². The van der Waals surface area contributed by atoms with Crippen LogP contribution in [0.15, 0.2) is 42.9 Å². The van der Waals surface area contributed by atoms with Crippen LogP contribution in [0.3, 0.4) is 0 Å². The zero-order valence-corrected chi connectivity index (χ0v) is 15.1. The molecule has 7 heteroatoms. The SMILES string of the molecule is CCN(C)Cc1nc(-c2ccc3ncnn3c2)c(-c2cccc(C)n2)[nH]1. The van der Waals surface area contributed by atoms with Crippen molar-refractivity contribution in [2.24, 2.45) is 0 Å². The molecule has 0 bridgehead atoms. The molecule has 0 spiro atoms. The van der Waals surface area contributed by atoms with Gasteiger partial charge in [-0.05, 0) is 44.8 Å². The van der Waals surface area contributed by atoms with Crippen LogP contribution in [0, 0.1) is 6.92 Å². The number of aryl methyl sites for hydroxylation is 1. The first-order valence-corrected chi connectivity index (χ1v) is 8.65. The molecule has 0 aliphatic rings. The number of pyridine rings is 2. The predicted octanol–water partition coefficient (Wildman–Crippen LogP) is 2.94. The van der Waals surface area contributed by atoms with Crippen LogP contribution in [0.2, 0.25) is 0 Å². The molecule has 0 unspecified atom stereocenters. The van der Waals surface area contributed by atoms with Gasteiger partial charge in [0.25, 0.3) is 0 Å². The van der Waals surface area contributed by atoms with Gasteiger partial charge in [0, 0.05) is 17.5 Å². The van der Waals surface area contributed by atoms with E-state index in [1.54, 1.807) is 10.8 Å². The first kappa shape index (κ1) is 16.4. The van der Waals surface area contributed by atoms with E-state index in [4.69, 9.17) is 4.98 Å². The number of imidazole rings is 1. The van der Waals surface area contributed by atoms with E-state index in [-0.39, 0.29) is 0 Å². The van der Waals surface area contributed by atoms with Crippen LogP contribution in [0.25, 0.3) is 28.3 Å². The van der Waals surface area contributed by atoms with Crippen molar-refractivity contribution in [3.05, 3.63) is 54.4 Å². The van der Waals surface area contributed by atoms with Gasteiger partial charge in [0.2, 0.25) is 0 Å².